The quantitative estimate of drug-likeness (QED) is 0.767. The van der Waals surface area contributed by atoms with Crippen LogP contribution in [0.15, 0.2) is 41.3 Å². The standard InChI is InChI=1S/C15H18ClN3O2/c1-2-6-11(14(20)10-7-4-3-5-8-10)18-12-9-17-19-15(21)13(12)16/h3-5,7-9,11,14,20H,2,6H2,1H3,(H2,18,19,21). The van der Waals surface area contributed by atoms with Crippen LogP contribution in [-0.4, -0.2) is 21.3 Å². The Kier molecular flexibility index (Phi) is 5.36. The van der Waals surface area contributed by atoms with Gasteiger partial charge in [0.2, 0.25) is 0 Å². The molecule has 0 radical (unpaired) electrons. The minimum atomic E-state index is -0.693. The largest absolute Gasteiger partial charge is 0.386 e. The third kappa shape index (κ3) is 3.83. The van der Waals surface area contributed by atoms with Gasteiger partial charge in [-0.25, -0.2) is 5.10 Å². The number of benzene rings is 1. The number of hydrogen-bond acceptors (Lipinski definition) is 4. The zero-order valence-corrected chi connectivity index (χ0v) is 12.5. The van der Waals surface area contributed by atoms with Crippen molar-refractivity contribution in [1.82, 2.24) is 10.2 Å². The number of aliphatic hydroxyl groups excluding tert-OH is 1. The van der Waals surface area contributed by atoms with Gasteiger partial charge in [-0.3, -0.25) is 4.79 Å². The van der Waals surface area contributed by atoms with Crippen molar-refractivity contribution in [3.8, 4) is 0 Å². The molecule has 21 heavy (non-hydrogen) atoms. The van der Waals surface area contributed by atoms with Crippen LogP contribution < -0.4 is 10.9 Å². The Balaban J connectivity index is 2.23. The highest BCUT2D eigenvalue weighted by Crippen LogP contribution is 2.25. The van der Waals surface area contributed by atoms with Gasteiger partial charge in [0, 0.05) is 0 Å². The topological polar surface area (TPSA) is 78.0 Å². The van der Waals surface area contributed by atoms with Crippen molar-refractivity contribution in [3.63, 3.8) is 0 Å². The lowest BCUT2D eigenvalue weighted by atomic mass is 9.98. The molecular formula is C15H18ClN3O2. The molecule has 0 saturated heterocycles. The molecule has 2 atom stereocenters. The first kappa shape index (κ1) is 15.5. The van der Waals surface area contributed by atoms with Gasteiger partial charge >= 0.3 is 0 Å². The fraction of sp³-hybridized carbons (Fsp3) is 0.333. The number of hydrogen-bond donors (Lipinski definition) is 3. The second kappa shape index (κ2) is 7.24. The third-order valence-electron chi connectivity index (χ3n) is 3.26. The van der Waals surface area contributed by atoms with E-state index < -0.39 is 11.7 Å². The van der Waals surface area contributed by atoms with E-state index in [0.29, 0.717) is 5.69 Å². The second-order valence-electron chi connectivity index (χ2n) is 4.82. The smallest absolute Gasteiger partial charge is 0.285 e. The number of aliphatic hydroxyl groups is 1. The molecule has 0 spiro atoms. The molecule has 0 aliphatic carbocycles. The summed E-state index contributed by atoms with van der Waals surface area (Å²) in [6, 6.07) is 9.14. The predicted octanol–water partition coefficient (Wildman–Crippen LogP) is 2.74. The van der Waals surface area contributed by atoms with Gasteiger partial charge in [0.25, 0.3) is 5.56 Å². The van der Waals surface area contributed by atoms with Crippen LogP contribution in [0, 0.1) is 0 Å². The Hall–Kier alpha value is -1.85. The molecule has 5 nitrogen and oxygen atoms in total. The fourth-order valence-corrected chi connectivity index (χ4v) is 2.33. The van der Waals surface area contributed by atoms with Gasteiger partial charge in [-0.1, -0.05) is 55.3 Å². The number of aromatic amines is 1. The van der Waals surface area contributed by atoms with Gasteiger partial charge in [0.05, 0.1) is 24.0 Å². The molecule has 2 unspecified atom stereocenters. The minimum Gasteiger partial charge on any atom is -0.386 e. The molecular weight excluding hydrogens is 290 g/mol. The van der Waals surface area contributed by atoms with Crippen LogP contribution in [0.25, 0.3) is 0 Å². The maximum Gasteiger partial charge on any atom is 0.285 e. The van der Waals surface area contributed by atoms with E-state index in [1.165, 1.54) is 6.20 Å². The molecule has 0 bridgehead atoms. The normalized spacial score (nSPS) is 13.7. The Bertz CT molecular complexity index is 630. The van der Waals surface area contributed by atoms with Crippen molar-refractivity contribution < 1.29 is 5.11 Å². The minimum absolute atomic E-state index is 0.0476. The Morgan fingerprint density at radius 2 is 2.10 bits per heavy atom. The van der Waals surface area contributed by atoms with Crippen molar-refractivity contribution in [1.29, 1.82) is 0 Å². The molecule has 0 fully saturated rings. The van der Waals surface area contributed by atoms with Gasteiger partial charge in [-0.2, -0.15) is 5.10 Å². The van der Waals surface area contributed by atoms with Crippen LogP contribution in [0.4, 0.5) is 5.69 Å². The summed E-state index contributed by atoms with van der Waals surface area (Å²) in [5.41, 5.74) is 0.789. The van der Waals surface area contributed by atoms with Crippen molar-refractivity contribution in [2.75, 3.05) is 5.32 Å². The van der Waals surface area contributed by atoms with Gasteiger partial charge in [-0.15, -0.1) is 0 Å². The van der Waals surface area contributed by atoms with E-state index in [2.05, 4.69) is 15.5 Å². The summed E-state index contributed by atoms with van der Waals surface area (Å²) >= 11 is 5.96. The highest BCUT2D eigenvalue weighted by atomic mass is 35.5. The van der Waals surface area contributed by atoms with E-state index in [9.17, 15) is 9.90 Å². The van der Waals surface area contributed by atoms with Crippen molar-refractivity contribution in [2.24, 2.45) is 0 Å². The molecule has 0 amide bonds. The number of H-pyrrole nitrogens is 1. The summed E-state index contributed by atoms with van der Waals surface area (Å²) in [6.45, 7) is 2.03. The number of aromatic nitrogens is 2. The van der Waals surface area contributed by atoms with Crippen molar-refractivity contribution >= 4 is 17.3 Å². The summed E-state index contributed by atoms with van der Waals surface area (Å²) in [5, 5.41) is 19.7. The van der Waals surface area contributed by atoms with Crippen LogP contribution in [0.3, 0.4) is 0 Å². The third-order valence-corrected chi connectivity index (χ3v) is 3.63. The van der Waals surface area contributed by atoms with Crippen LogP contribution in [0.5, 0.6) is 0 Å². The maximum atomic E-state index is 11.5. The summed E-state index contributed by atoms with van der Waals surface area (Å²) in [7, 11) is 0. The van der Waals surface area contributed by atoms with Crippen molar-refractivity contribution in [3.05, 3.63) is 57.5 Å². The van der Waals surface area contributed by atoms with E-state index in [4.69, 9.17) is 11.6 Å². The van der Waals surface area contributed by atoms with Crippen LogP contribution in [0.1, 0.15) is 31.4 Å². The number of rotatable bonds is 6. The maximum absolute atomic E-state index is 11.5. The zero-order chi connectivity index (χ0) is 15.2. The Labute approximate surface area is 128 Å². The van der Waals surface area contributed by atoms with Crippen LogP contribution >= 0.6 is 11.6 Å². The average molecular weight is 308 g/mol. The molecule has 1 heterocycles. The number of nitrogens with one attached hydrogen (secondary N) is 2. The molecule has 1 aromatic carbocycles. The number of halogens is 1. The lowest BCUT2D eigenvalue weighted by Crippen LogP contribution is -2.28. The summed E-state index contributed by atoms with van der Waals surface area (Å²) < 4.78 is 0. The highest BCUT2D eigenvalue weighted by molar-refractivity contribution is 6.32. The first-order chi connectivity index (χ1) is 10.1. The number of nitrogens with zero attached hydrogens (tertiary/aromatic N) is 1. The van der Waals surface area contributed by atoms with E-state index >= 15 is 0 Å². The molecule has 6 heteroatoms. The number of anilines is 1. The molecule has 0 aliphatic heterocycles. The fourth-order valence-electron chi connectivity index (χ4n) is 2.19. The van der Waals surface area contributed by atoms with E-state index in [1.807, 2.05) is 37.3 Å². The average Bonchev–Trinajstić information content (AvgIpc) is 2.51. The molecule has 3 N–H and O–H groups in total. The van der Waals surface area contributed by atoms with E-state index in [-0.39, 0.29) is 11.1 Å². The monoisotopic (exact) mass is 307 g/mol. The van der Waals surface area contributed by atoms with E-state index in [1.54, 1.807) is 0 Å². The SMILES string of the molecule is CCCC(Nc1cn[nH]c(=O)c1Cl)C(O)c1ccccc1. The van der Waals surface area contributed by atoms with Gasteiger partial charge < -0.3 is 10.4 Å². The van der Waals surface area contributed by atoms with E-state index in [0.717, 1.165) is 18.4 Å². The second-order valence-corrected chi connectivity index (χ2v) is 5.20. The molecule has 2 rings (SSSR count). The van der Waals surface area contributed by atoms with Gasteiger partial charge in [0.15, 0.2) is 0 Å². The summed E-state index contributed by atoms with van der Waals surface area (Å²) in [5.74, 6) is 0. The van der Waals surface area contributed by atoms with Gasteiger partial charge in [0.1, 0.15) is 5.02 Å². The lowest BCUT2D eigenvalue weighted by Gasteiger charge is -2.25. The molecule has 1 aromatic heterocycles. The Morgan fingerprint density at radius 3 is 2.76 bits per heavy atom. The first-order valence-corrected chi connectivity index (χ1v) is 7.24. The molecule has 112 valence electrons. The van der Waals surface area contributed by atoms with Crippen molar-refractivity contribution in [2.45, 2.75) is 31.9 Å². The van der Waals surface area contributed by atoms with Gasteiger partial charge in [-0.05, 0) is 12.0 Å². The lowest BCUT2D eigenvalue weighted by molar-refractivity contribution is 0.150. The molecule has 0 aliphatic rings. The van der Waals surface area contributed by atoms with Crippen LogP contribution in [-0.2, 0) is 0 Å². The highest BCUT2D eigenvalue weighted by Gasteiger charge is 2.21. The first-order valence-electron chi connectivity index (χ1n) is 6.86. The summed E-state index contributed by atoms with van der Waals surface area (Å²) in [4.78, 5) is 11.5. The van der Waals surface area contributed by atoms with Crippen LogP contribution in [0.2, 0.25) is 5.02 Å². The Morgan fingerprint density at radius 1 is 1.38 bits per heavy atom. The molecule has 2 aromatic rings. The zero-order valence-electron chi connectivity index (χ0n) is 11.7. The molecule has 0 saturated carbocycles. The summed E-state index contributed by atoms with van der Waals surface area (Å²) in [6.07, 6.45) is 2.38. The predicted molar refractivity (Wildman–Crippen MR) is 83.6 cm³/mol.